The van der Waals surface area contributed by atoms with Crippen LogP contribution in [-0.4, -0.2) is 11.9 Å². The van der Waals surface area contributed by atoms with Gasteiger partial charge in [0.2, 0.25) is 5.91 Å². The van der Waals surface area contributed by atoms with Gasteiger partial charge in [0.25, 0.3) is 0 Å². The topological polar surface area (TPSA) is 41.1 Å². The third-order valence-electron chi connectivity index (χ3n) is 2.81. The average molecular weight is 344 g/mol. The van der Waals surface area contributed by atoms with Gasteiger partial charge in [-0.15, -0.1) is 0 Å². The van der Waals surface area contributed by atoms with Crippen molar-refractivity contribution >= 4 is 52.1 Å². The molecule has 0 saturated carbocycles. The van der Waals surface area contributed by atoms with Crippen LogP contribution in [0.4, 0.5) is 11.4 Å². The van der Waals surface area contributed by atoms with Crippen LogP contribution in [0.2, 0.25) is 15.1 Å². The number of nitrogens with one attached hydrogen (secondary N) is 2. The van der Waals surface area contributed by atoms with Gasteiger partial charge in [-0.2, -0.15) is 0 Å². The summed E-state index contributed by atoms with van der Waals surface area (Å²) in [5.41, 5.74) is 1.29. The Morgan fingerprint density at radius 1 is 1.00 bits per heavy atom. The lowest BCUT2D eigenvalue weighted by Crippen LogP contribution is -2.31. The van der Waals surface area contributed by atoms with E-state index < -0.39 is 6.04 Å². The molecule has 1 atom stereocenters. The quantitative estimate of drug-likeness (QED) is 0.812. The third-order valence-corrected chi connectivity index (χ3v) is 3.62. The van der Waals surface area contributed by atoms with Crippen LogP contribution in [0.3, 0.4) is 0 Å². The molecule has 0 heterocycles. The van der Waals surface area contributed by atoms with Crippen LogP contribution in [0, 0.1) is 0 Å². The number of anilines is 2. The summed E-state index contributed by atoms with van der Waals surface area (Å²) in [6, 6.07) is 11.6. The molecule has 0 radical (unpaired) electrons. The zero-order valence-corrected chi connectivity index (χ0v) is 13.4. The highest BCUT2D eigenvalue weighted by Crippen LogP contribution is 2.25. The Bertz CT molecular complexity index is 644. The second-order valence-corrected chi connectivity index (χ2v) is 5.77. The maximum atomic E-state index is 12.1. The Labute approximate surface area is 138 Å². The molecule has 0 unspecified atom stereocenters. The number of benzene rings is 2. The summed E-state index contributed by atoms with van der Waals surface area (Å²) in [6.45, 7) is 1.75. The largest absolute Gasteiger partial charge is 0.374 e. The minimum Gasteiger partial charge on any atom is -0.374 e. The molecule has 2 N–H and O–H groups in total. The van der Waals surface area contributed by atoms with Crippen LogP contribution in [0.5, 0.6) is 0 Å². The maximum Gasteiger partial charge on any atom is 0.246 e. The molecular weight excluding hydrogens is 331 g/mol. The van der Waals surface area contributed by atoms with Gasteiger partial charge in [-0.3, -0.25) is 4.79 Å². The highest BCUT2D eigenvalue weighted by Gasteiger charge is 2.14. The highest BCUT2D eigenvalue weighted by molar-refractivity contribution is 6.35. The lowest BCUT2D eigenvalue weighted by Gasteiger charge is -2.16. The number of carbonyl (C=O) groups is 1. The van der Waals surface area contributed by atoms with Crippen molar-refractivity contribution in [3.05, 3.63) is 57.5 Å². The molecule has 2 rings (SSSR count). The van der Waals surface area contributed by atoms with Crippen LogP contribution in [0.1, 0.15) is 6.92 Å². The lowest BCUT2D eigenvalue weighted by molar-refractivity contribution is -0.116. The van der Waals surface area contributed by atoms with Gasteiger partial charge in [0.15, 0.2) is 0 Å². The number of carbonyl (C=O) groups excluding carboxylic acids is 1. The fraction of sp³-hybridized carbons (Fsp3) is 0.133. The zero-order chi connectivity index (χ0) is 15.4. The van der Waals surface area contributed by atoms with Crippen molar-refractivity contribution in [3.8, 4) is 0 Å². The summed E-state index contributed by atoms with van der Waals surface area (Å²) in [5, 5.41) is 7.40. The Kier molecular flexibility index (Phi) is 5.34. The summed E-state index contributed by atoms with van der Waals surface area (Å²) in [7, 11) is 0. The van der Waals surface area contributed by atoms with Crippen LogP contribution >= 0.6 is 34.8 Å². The van der Waals surface area contributed by atoms with Crippen molar-refractivity contribution in [1.29, 1.82) is 0 Å². The standard InChI is InChI=1S/C15H13Cl3N2O/c1-9(19-12-5-2-10(16)3-6-12)15(21)20-14-8-11(17)4-7-13(14)18/h2-9,19H,1H3,(H,20,21)/t9-/m1/s1. The number of hydrogen-bond acceptors (Lipinski definition) is 2. The van der Waals surface area contributed by atoms with Gasteiger partial charge in [0, 0.05) is 15.7 Å². The second kappa shape index (κ2) is 7.03. The Morgan fingerprint density at radius 3 is 2.29 bits per heavy atom. The molecule has 0 bridgehead atoms. The summed E-state index contributed by atoms with van der Waals surface area (Å²) in [6.07, 6.45) is 0. The van der Waals surface area contributed by atoms with Gasteiger partial charge in [-0.25, -0.2) is 0 Å². The van der Waals surface area contributed by atoms with E-state index in [4.69, 9.17) is 34.8 Å². The third kappa shape index (κ3) is 4.53. The minimum atomic E-state index is -0.443. The first-order valence-electron chi connectivity index (χ1n) is 6.24. The molecule has 0 aromatic heterocycles. The van der Waals surface area contributed by atoms with E-state index in [1.165, 1.54) is 0 Å². The van der Waals surface area contributed by atoms with Crippen molar-refractivity contribution in [2.45, 2.75) is 13.0 Å². The predicted molar refractivity (Wildman–Crippen MR) is 89.6 cm³/mol. The number of rotatable bonds is 4. The van der Waals surface area contributed by atoms with E-state index in [2.05, 4.69) is 10.6 Å². The average Bonchev–Trinajstić information content (AvgIpc) is 2.45. The monoisotopic (exact) mass is 342 g/mol. The van der Waals surface area contributed by atoms with Crippen molar-refractivity contribution in [1.82, 2.24) is 0 Å². The van der Waals surface area contributed by atoms with Gasteiger partial charge in [0.05, 0.1) is 10.7 Å². The van der Waals surface area contributed by atoms with Gasteiger partial charge in [-0.05, 0) is 49.4 Å². The van der Waals surface area contributed by atoms with Gasteiger partial charge < -0.3 is 10.6 Å². The molecule has 0 saturated heterocycles. The lowest BCUT2D eigenvalue weighted by atomic mass is 10.2. The van der Waals surface area contributed by atoms with E-state index in [0.29, 0.717) is 20.8 Å². The molecule has 2 aromatic rings. The van der Waals surface area contributed by atoms with Gasteiger partial charge >= 0.3 is 0 Å². The number of amides is 1. The molecule has 0 aliphatic carbocycles. The first-order chi connectivity index (χ1) is 9.95. The Hall–Kier alpha value is -1.42. The van der Waals surface area contributed by atoms with E-state index in [1.54, 1.807) is 49.4 Å². The fourth-order valence-corrected chi connectivity index (χ4v) is 2.16. The van der Waals surface area contributed by atoms with E-state index in [1.807, 2.05) is 0 Å². The van der Waals surface area contributed by atoms with Crippen molar-refractivity contribution < 1.29 is 4.79 Å². The summed E-state index contributed by atoms with van der Waals surface area (Å²) in [5.74, 6) is -0.214. The van der Waals surface area contributed by atoms with E-state index in [0.717, 1.165) is 5.69 Å². The molecule has 21 heavy (non-hydrogen) atoms. The van der Waals surface area contributed by atoms with Crippen molar-refractivity contribution in [2.75, 3.05) is 10.6 Å². The highest BCUT2D eigenvalue weighted by atomic mass is 35.5. The number of halogens is 3. The van der Waals surface area contributed by atoms with E-state index in [9.17, 15) is 4.79 Å². The molecule has 6 heteroatoms. The Morgan fingerprint density at radius 2 is 1.62 bits per heavy atom. The minimum absolute atomic E-state index is 0.214. The molecule has 0 aliphatic rings. The van der Waals surface area contributed by atoms with Gasteiger partial charge in [0.1, 0.15) is 6.04 Å². The number of hydrogen-bond donors (Lipinski definition) is 2. The van der Waals surface area contributed by atoms with Crippen molar-refractivity contribution in [3.63, 3.8) is 0 Å². The molecule has 0 spiro atoms. The first kappa shape index (κ1) is 16.0. The normalized spacial score (nSPS) is 11.8. The Balaban J connectivity index is 2.02. The SMILES string of the molecule is C[C@@H](Nc1ccc(Cl)cc1)C(=O)Nc1cc(Cl)ccc1Cl. The van der Waals surface area contributed by atoms with Crippen LogP contribution in [0.25, 0.3) is 0 Å². The molecule has 0 fully saturated rings. The van der Waals surface area contributed by atoms with Crippen molar-refractivity contribution in [2.24, 2.45) is 0 Å². The van der Waals surface area contributed by atoms with Gasteiger partial charge in [-0.1, -0.05) is 34.8 Å². The van der Waals surface area contributed by atoms with Crippen LogP contribution in [-0.2, 0) is 4.79 Å². The first-order valence-corrected chi connectivity index (χ1v) is 7.37. The van der Waals surface area contributed by atoms with Crippen LogP contribution in [0.15, 0.2) is 42.5 Å². The predicted octanol–water partition coefficient (Wildman–Crippen LogP) is 5.09. The van der Waals surface area contributed by atoms with E-state index in [-0.39, 0.29) is 5.91 Å². The smallest absolute Gasteiger partial charge is 0.246 e. The molecule has 1 amide bonds. The zero-order valence-electron chi connectivity index (χ0n) is 11.2. The summed E-state index contributed by atoms with van der Waals surface area (Å²) >= 11 is 17.7. The molecule has 2 aromatic carbocycles. The molecule has 0 aliphatic heterocycles. The fourth-order valence-electron chi connectivity index (χ4n) is 1.70. The summed E-state index contributed by atoms with van der Waals surface area (Å²) in [4.78, 5) is 12.1. The maximum absolute atomic E-state index is 12.1. The molecular formula is C15H13Cl3N2O. The molecule has 110 valence electrons. The second-order valence-electron chi connectivity index (χ2n) is 4.49. The summed E-state index contributed by atoms with van der Waals surface area (Å²) < 4.78 is 0. The molecule has 3 nitrogen and oxygen atoms in total. The van der Waals surface area contributed by atoms with E-state index >= 15 is 0 Å². The van der Waals surface area contributed by atoms with Crippen LogP contribution < -0.4 is 10.6 Å².